The van der Waals surface area contributed by atoms with Crippen molar-refractivity contribution in [3.05, 3.63) is 29.6 Å². The van der Waals surface area contributed by atoms with Crippen LogP contribution in [0, 0.1) is 5.41 Å². The molecule has 0 atom stereocenters. The van der Waals surface area contributed by atoms with Crippen LogP contribution < -0.4 is 5.73 Å². The standard InChI is InChI=1S/C14H21N3O/c1-14(2)6-3-7-17(10-14)13(18)12-5-4-11(8-15)9-16-12/h4-5,9H,3,6-8,10,15H2,1-2H3. The summed E-state index contributed by atoms with van der Waals surface area (Å²) >= 11 is 0. The maximum absolute atomic E-state index is 12.3. The normalized spacial score (nSPS) is 18.7. The van der Waals surface area contributed by atoms with Crippen molar-refractivity contribution < 1.29 is 4.79 Å². The summed E-state index contributed by atoms with van der Waals surface area (Å²) in [6, 6.07) is 3.64. The molecule has 0 spiro atoms. The van der Waals surface area contributed by atoms with Gasteiger partial charge in [0.05, 0.1) is 0 Å². The van der Waals surface area contributed by atoms with Crippen molar-refractivity contribution in [1.29, 1.82) is 0 Å². The Morgan fingerprint density at radius 3 is 2.83 bits per heavy atom. The van der Waals surface area contributed by atoms with Gasteiger partial charge in [-0.15, -0.1) is 0 Å². The molecule has 1 aliphatic rings. The number of amides is 1. The van der Waals surface area contributed by atoms with Gasteiger partial charge < -0.3 is 10.6 Å². The van der Waals surface area contributed by atoms with E-state index in [1.54, 1.807) is 12.3 Å². The van der Waals surface area contributed by atoms with Gasteiger partial charge in [0, 0.05) is 25.8 Å². The number of nitrogens with zero attached hydrogens (tertiary/aromatic N) is 2. The molecule has 1 saturated heterocycles. The number of nitrogens with two attached hydrogens (primary N) is 1. The molecule has 2 rings (SSSR count). The van der Waals surface area contributed by atoms with Gasteiger partial charge >= 0.3 is 0 Å². The molecule has 0 bridgehead atoms. The highest BCUT2D eigenvalue weighted by atomic mass is 16.2. The van der Waals surface area contributed by atoms with Crippen molar-refractivity contribution in [2.75, 3.05) is 13.1 Å². The van der Waals surface area contributed by atoms with E-state index in [4.69, 9.17) is 5.73 Å². The predicted molar refractivity (Wildman–Crippen MR) is 71.0 cm³/mol. The molecule has 0 saturated carbocycles. The van der Waals surface area contributed by atoms with Crippen molar-refractivity contribution >= 4 is 5.91 Å². The fourth-order valence-corrected chi connectivity index (χ4v) is 2.43. The van der Waals surface area contributed by atoms with Gasteiger partial charge in [-0.25, -0.2) is 0 Å². The lowest BCUT2D eigenvalue weighted by molar-refractivity contribution is 0.0577. The maximum Gasteiger partial charge on any atom is 0.272 e. The van der Waals surface area contributed by atoms with Crippen molar-refractivity contribution in [2.24, 2.45) is 11.1 Å². The fraction of sp³-hybridized carbons (Fsp3) is 0.571. The Kier molecular flexibility index (Phi) is 3.66. The summed E-state index contributed by atoms with van der Waals surface area (Å²) in [4.78, 5) is 18.4. The van der Waals surface area contributed by atoms with Gasteiger partial charge in [-0.05, 0) is 29.9 Å². The molecule has 0 aromatic carbocycles. The van der Waals surface area contributed by atoms with Crippen LogP contribution >= 0.6 is 0 Å². The van der Waals surface area contributed by atoms with E-state index in [0.717, 1.165) is 25.1 Å². The van der Waals surface area contributed by atoms with E-state index in [0.29, 0.717) is 12.2 Å². The average molecular weight is 247 g/mol. The molecule has 4 heteroatoms. The van der Waals surface area contributed by atoms with Gasteiger partial charge in [0.15, 0.2) is 0 Å². The first-order valence-corrected chi connectivity index (χ1v) is 6.46. The zero-order chi connectivity index (χ0) is 13.2. The molecule has 98 valence electrons. The summed E-state index contributed by atoms with van der Waals surface area (Å²) in [5.74, 6) is 0.0337. The largest absolute Gasteiger partial charge is 0.337 e. The van der Waals surface area contributed by atoms with Gasteiger partial charge in [0.25, 0.3) is 5.91 Å². The number of pyridine rings is 1. The first-order valence-electron chi connectivity index (χ1n) is 6.46. The minimum atomic E-state index is 0.0337. The molecule has 4 nitrogen and oxygen atoms in total. The average Bonchev–Trinajstić information content (AvgIpc) is 2.37. The minimum absolute atomic E-state index is 0.0337. The molecule has 1 amide bonds. The van der Waals surface area contributed by atoms with Crippen molar-refractivity contribution in [3.63, 3.8) is 0 Å². The Morgan fingerprint density at radius 1 is 1.50 bits per heavy atom. The molecule has 1 aromatic heterocycles. The van der Waals surface area contributed by atoms with Crippen LogP contribution in [-0.2, 0) is 6.54 Å². The molecular formula is C14H21N3O. The Hall–Kier alpha value is -1.42. The summed E-state index contributed by atoms with van der Waals surface area (Å²) in [5, 5.41) is 0. The zero-order valence-electron chi connectivity index (χ0n) is 11.1. The summed E-state index contributed by atoms with van der Waals surface area (Å²) in [6.07, 6.45) is 3.93. The van der Waals surface area contributed by atoms with Gasteiger partial charge in [-0.2, -0.15) is 0 Å². The van der Waals surface area contributed by atoms with Gasteiger partial charge in [0.1, 0.15) is 5.69 Å². The summed E-state index contributed by atoms with van der Waals surface area (Å²) < 4.78 is 0. The first-order chi connectivity index (χ1) is 8.52. The quantitative estimate of drug-likeness (QED) is 0.867. The number of carbonyl (C=O) groups is 1. The van der Waals surface area contributed by atoms with E-state index in [-0.39, 0.29) is 11.3 Å². The second-order valence-corrected chi connectivity index (χ2v) is 5.75. The highest BCUT2D eigenvalue weighted by Crippen LogP contribution is 2.28. The van der Waals surface area contributed by atoms with E-state index in [9.17, 15) is 4.79 Å². The molecule has 18 heavy (non-hydrogen) atoms. The Bertz CT molecular complexity index is 425. The third kappa shape index (κ3) is 2.88. The zero-order valence-corrected chi connectivity index (χ0v) is 11.1. The van der Waals surface area contributed by atoms with Crippen LogP contribution in [0.3, 0.4) is 0 Å². The lowest BCUT2D eigenvalue weighted by atomic mass is 9.84. The van der Waals surface area contributed by atoms with E-state index < -0.39 is 0 Å². The highest BCUT2D eigenvalue weighted by Gasteiger charge is 2.29. The van der Waals surface area contributed by atoms with E-state index in [2.05, 4.69) is 18.8 Å². The van der Waals surface area contributed by atoms with Gasteiger partial charge in [-0.1, -0.05) is 19.9 Å². The molecular weight excluding hydrogens is 226 g/mol. The number of piperidine rings is 1. The number of hydrogen-bond acceptors (Lipinski definition) is 3. The van der Waals surface area contributed by atoms with Crippen LogP contribution in [0.2, 0.25) is 0 Å². The smallest absolute Gasteiger partial charge is 0.272 e. The minimum Gasteiger partial charge on any atom is -0.337 e. The number of likely N-dealkylation sites (tertiary alicyclic amines) is 1. The van der Waals surface area contributed by atoms with Crippen LogP contribution in [0.15, 0.2) is 18.3 Å². The van der Waals surface area contributed by atoms with Crippen LogP contribution in [0.4, 0.5) is 0 Å². The Morgan fingerprint density at radius 2 is 2.28 bits per heavy atom. The molecule has 2 heterocycles. The van der Waals surface area contributed by atoms with E-state index >= 15 is 0 Å². The van der Waals surface area contributed by atoms with Crippen LogP contribution in [0.1, 0.15) is 42.7 Å². The van der Waals surface area contributed by atoms with Crippen LogP contribution in [0.5, 0.6) is 0 Å². The number of aromatic nitrogens is 1. The Labute approximate surface area is 108 Å². The molecule has 1 fully saturated rings. The Balaban J connectivity index is 2.10. The van der Waals surface area contributed by atoms with Gasteiger partial charge in [-0.3, -0.25) is 9.78 Å². The topological polar surface area (TPSA) is 59.2 Å². The lowest BCUT2D eigenvalue weighted by Gasteiger charge is -2.37. The third-order valence-electron chi connectivity index (χ3n) is 3.47. The molecule has 1 aromatic rings. The molecule has 2 N–H and O–H groups in total. The third-order valence-corrected chi connectivity index (χ3v) is 3.47. The monoisotopic (exact) mass is 247 g/mol. The maximum atomic E-state index is 12.3. The summed E-state index contributed by atoms with van der Waals surface area (Å²) in [5.41, 5.74) is 7.20. The van der Waals surface area contributed by atoms with Crippen LogP contribution in [0.25, 0.3) is 0 Å². The molecule has 0 unspecified atom stereocenters. The van der Waals surface area contributed by atoms with Gasteiger partial charge in [0.2, 0.25) is 0 Å². The SMILES string of the molecule is CC1(C)CCCN(C(=O)c2ccc(CN)cn2)C1. The lowest BCUT2D eigenvalue weighted by Crippen LogP contribution is -2.43. The number of rotatable bonds is 2. The molecule has 1 aliphatic heterocycles. The highest BCUT2D eigenvalue weighted by molar-refractivity contribution is 5.92. The number of hydrogen-bond donors (Lipinski definition) is 1. The first kappa shape index (κ1) is 13.0. The summed E-state index contributed by atoms with van der Waals surface area (Å²) in [6.45, 7) is 6.52. The van der Waals surface area contributed by atoms with E-state index in [1.807, 2.05) is 11.0 Å². The molecule has 0 radical (unpaired) electrons. The van der Waals surface area contributed by atoms with Crippen LogP contribution in [-0.4, -0.2) is 28.9 Å². The molecule has 0 aliphatic carbocycles. The van der Waals surface area contributed by atoms with Crippen molar-refractivity contribution in [3.8, 4) is 0 Å². The second kappa shape index (κ2) is 5.06. The van der Waals surface area contributed by atoms with Crippen molar-refractivity contribution in [2.45, 2.75) is 33.2 Å². The van der Waals surface area contributed by atoms with E-state index in [1.165, 1.54) is 6.42 Å². The predicted octanol–water partition coefficient (Wildman–Crippen LogP) is 1.80. The number of carbonyl (C=O) groups excluding carboxylic acids is 1. The fourth-order valence-electron chi connectivity index (χ4n) is 2.43. The van der Waals surface area contributed by atoms with Crippen molar-refractivity contribution in [1.82, 2.24) is 9.88 Å². The summed E-state index contributed by atoms with van der Waals surface area (Å²) in [7, 11) is 0. The second-order valence-electron chi connectivity index (χ2n) is 5.75.